The van der Waals surface area contributed by atoms with Gasteiger partial charge in [0.25, 0.3) is 0 Å². The summed E-state index contributed by atoms with van der Waals surface area (Å²) in [5.74, 6) is 0.955. The van der Waals surface area contributed by atoms with Gasteiger partial charge in [-0.1, -0.05) is 26.7 Å². The van der Waals surface area contributed by atoms with Gasteiger partial charge in [0.05, 0.1) is 0 Å². The zero-order chi connectivity index (χ0) is 11.5. The topological polar surface area (TPSA) is 29.3 Å². The number of nitrogens with two attached hydrogens (primary N) is 1. The van der Waals surface area contributed by atoms with Crippen molar-refractivity contribution >= 4 is 0 Å². The Morgan fingerprint density at radius 3 is 2.33 bits per heavy atom. The van der Waals surface area contributed by atoms with Gasteiger partial charge >= 0.3 is 0 Å². The van der Waals surface area contributed by atoms with Crippen LogP contribution in [0.25, 0.3) is 0 Å². The van der Waals surface area contributed by atoms with Crippen molar-refractivity contribution in [2.75, 3.05) is 13.1 Å². The van der Waals surface area contributed by atoms with Crippen molar-refractivity contribution in [3.8, 4) is 0 Å². The Bertz CT molecular complexity index is 189. The highest BCUT2D eigenvalue weighted by molar-refractivity contribution is 4.94. The molecule has 0 aromatic rings. The van der Waals surface area contributed by atoms with Crippen LogP contribution >= 0.6 is 0 Å². The predicted octanol–water partition coefficient (Wildman–Crippen LogP) is 2.62. The lowest BCUT2D eigenvalue weighted by Gasteiger charge is -2.44. The summed E-state index contributed by atoms with van der Waals surface area (Å²) in [4.78, 5) is 2.60. The van der Waals surface area contributed by atoms with Gasteiger partial charge in [-0.15, -0.1) is 0 Å². The van der Waals surface area contributed by atoms with E-state index in [0.717, 1.165) is 19.0 Å². The smallest absolute Gasteiger partial charge is 0.0308 e. The van der Waals surface area contributed by atoms with Crippen LogP contribution in [0.15, 0.2) is 0 Å². The molecule has 0 heterocycles. The van der Waals surface area contributed by atoms with E-state index in [1.165, 1.54) is 25.7 Å². The Morgan fingerprint density at radius 1 is 1.40 bits per heavy atom. The number of likely N-dealkylation sites (N-methyl/N-ethyl adjacent to an activating group) is 1. The van der Waals surface area contributed by atoms with Crippen molar-refractivity contribution < 1.29 is 0 Å². The molecule has 0 bridgehead atoms. The largest absolute Gasteiger partial charge is 0.329 e. The molecule has 1 aliphatic rings. The van der Waals surface area contributed by atoms with E-state index in [4.69, 9.17) is 5.73 Å². The highest BCUT2D eigenvalue weighted by Crippen LogP contribution is 2.39. The van der Waals surface area contributed by atoms with Crippen molar-refractivity contribution in [1.82, 2.24) is 4.90 Å². The second-order valence-corrected chi connectivity index (χ2v) is 5.39. The maximum absolute atomic E-state index is 6.01. The average Bonchev–Trinajstić information content (AvgIpc) is 3.02. The number of rotatable bonds is 7. The van der Waals surface area contributed by atoms with Gasteiger partial charge in [0, 0.05) is 18.1 Å². The number of nitrogens with zero attached hydrogens (tertiary/aromatic N) is 1. The maximum Gasteiger partial charge on any atom is 0.0308 e. The first-order valence-corrected chi connectivity index (χ1v) is 6.54. The predicted molar refractivity (Wildman–Crippen MR) is 66.9 cm³/mol. The van der Waals surface area contributed by atoms with Gasteiger partial charge in [-0.3, -0.25) is 4.90 Å². The van der Waals surface area contributed by atoms with Gasteiger partial charge in [-0.25, -0.2) is 0 Å². The van der Waals surface area contributed by atoms with Crippen molar-refractivity contribution in [3.05, 3.63) is 0 Å². The molecule has 0 radical (unpaired) electrons. The fraction of sp³-hybridized carbons (Fsp3) is 1.00. The molecule has 1 rings (SSSR count). The quantitative estimate of drug-likeness (QED) is 0.703. The van der Waals surface area contributed by atoms with Crippen molar-refractivity contribution in [1.29, 1.82) is 0 Å². The summed E-state index contributed by atoms with van der Waals surface area (Å²) in [5.41, 5.74) is 6.24. The Balaban J connectivity index is 2.65. The van der Waals surface area contributed by atoms with E-state index in [1.54, 1.807) is 0 Å². The zero-order valence-corrected chi connectivity index (χ0v) is 10.9. The van der Waals surface area contributed by atoms with Crippen LogP contribution in [0.3, 0.4) is 0 Å². The Morgan fingerprint density at radius 2 is 2.00 bits per heavy atom. The molecule has 15 heavy (non-hydrogen) atoms. The van der Waals surface area contributed by atoms with Gasteiger partial charge < -0.3 is 5.73 Å². The molecule has 90 valence electrons. The molecule has 2 N–H and O–H groups in total. The molecule has 1 aliphatic carbocycles. The standard InChI is InChI=1S/C13H28N2/c1-5-11(3)15(6-2)13(4,10-14)9-12-7-8-12/h11-12H,5-10,14H2,1-4H3. The van der Waals surface area contributed by atoms with Gasteiger partial charge in [-0.05, 0) is 39.2 Å². The molecule has 0 aliphatic heterocycles. The van der Waals surface area contributed by atoms with E-state index in [0.29, 0.717) is 6.04 Å². The SMILES string of the molecule is CCC(C)N(CC)C(C)(CN)CC1CC1. The number of hydrogen-bond donors (Lipinski definition) is 1. The van der Waals surface area contributed by atoms with Crippen LogP contribution in [0.2, 0.25) is 0 Å². The van der Waals surface area contributed by atoms with Crippen molar-refractivity contribution in [2.45, 2.75) is 65.0 Å². The van der Waals surface area contributed by atoms with E-state index in [-0.39, 0.29) is 5.54 Å². The third-order valence-electron chi connectivity index (χ3n) is 4.02. The molecule has 0 aromatic heterocycles. The zero-order valence-electron chi connectivity index (χ0n) is 10.9. The van der Waals surface area contributed by atoms with Crippen LogP contribution in [-0.2, 0) is 0 Å². The molecule has 2 atom stereocenters. The van der Waals surface area contributed by atoms with E-state index < -0.39 is 0 Å². The van der Waals surface area contributed by atoms with Gasteiger partial charge in [0.2, 0.25) is 0 Å². The van der Waals surface area contributed by atoms with Gasteiger partial charge in [0.15, 0.2) is 0 Å². The van der Waals surface area contributed by atoms with E-state index >= 15 is 0 Å². The van der Waals surface area contributed by atoms with Crippen LogP contribution in [-0.4, -0.2) is 29.6 Å². The first-order chi connectivity index (χ1) is 7.07. The van der Waals surface area contributed by atoms with Crippen LogP contribution in [0.5, 0.6) is 0 Å². The normalized spacial score (nSPS) is 22.8. The Hall–Kier alpha value is -0.0800. The molecule has 0 saturated heterocycles. The molecule has 1 saturated carbocycles. The lowest BCUT2D eigenvalue weighted by molar-refractivity contribution is 0.0606. The molecule has 2 nitrogen and oxygen atoms in total. The lowest BCUT2D eigenvalue weighted by Crippen LogP contribution is -2.55. The molecular weight excluding hydrogens is 184 g/mol. The lowest BCUT2D eigenvalue weighted by atomic mass is 9.90. The summed E-state index contributed by atoms with van der Waals surface area (Å²) in [7, 11) is 0. The second-order valence-electron chi connectivity index (χ2n) is 5.39. The minimum absolute atomic E-state index is 0.228. The van der Waals surface area contributed by atoms with Crippen LogP contribution in [0.1, 0.15) is 53.4 Å². The highest BCUT2D eigenvalue weighted by Gasteiger charge is 2.37. The molecule has 0 spiro atoms. The third-order valence-corrected chi connectivity index (χ3v) is 4.02. The van der Waals surface area contributed by atoms with Crippen LogP contribution in [0.4, 0.5) is 0 Å². The van der Waals surface area contributed by atoms with Crippen LogP contribution in [0, 0.1) is 5.92 Å². The minimum atomic E-state index is 0.228. The summed E-state index contributed by atoms with van der Waals surface area (Å²) in [6, 6.07) is 0.655. The fourth-order valence-electron chi connectivity index (χ4n) is 2.71. The van der Waals surface area contributed by atoms with Gasteiger partial charge in [0.1, 0.15) is 0 Å². The Labute approximate surface area is 95.2 Å². The summed E-state index contributed by atoms with van der Waals surface area (Å²) >= 11 is 0. The first kappa shape index (κ1) is 13.0. The molecule has 2 unspecified atom stereocenters. The molecule has 1 fully saturated rings. The maximum atomic E-state index is 6.01. The monoisotopic (exact) mass is 212 g/mol. The first-order valence-electron chi connectivity index (χ1n) is 6.54. The summed E-state index contributed by atoms with van der Waals surface area (Å²) in [5, 5.41) is 0. The highest BCUT2D eigenvalue weighted by atomic mass is 15.2. The van der Waals surface area contributed by atoms with E-state index in [1.807, 2.05) is 0 Å². The van der Waals surface area contributed by atoms with Crippen molar-refractivity contribution in [2.24, 2.45) is 11.7 Å². The molecule has 0 amide bonds. The Kier molecular flexibility index (Phi) is 4.60. The van der Waals surface area contributed by atoms with Gasteiger partial charge in [-0.2, -0.15) is 0 Å². The van der Waals surface area contributed by atoms with E-state index in [2.05, 4.69) is 32.6 Å². The summed E-state index contributed by atoms with van der Waals surface area (Å²) in [6.45, 7) is 11.1. The summed E-state index contributed by atoms with van der Waals surface area (Å²) in [6.07, 6.45) is 5.36. The van der Waals surface area contributed by atoms with Crippen LogP contribution < -0.4 is 5.73 Å². The minimum Gasteiger partial charge on any atom is -0.329 e. The molecule has 0 aromatic carbocycles. The molecule has 2 heteroatoms. The van der Waals surface area contributed by atoms with E-state index in [9.17, 15) is 0 Å². The summed E-state index contributed by atoms with van der Waals surface area (Å²) < 4.78 is 0. The average molecular weight is 212 g/mol. The van der Waals surface area contributed by atoms with Crippen molar-refractivity contribution in [3.63, 3.8) is 0 Å². The number of hydrogen-bond acceptors (Lipinski definition) is 2. The second kappa shape index (κ2) is 5.31. The molecular formula is C13H28N2. The fourth-order valence-corrected chi connectivity index (χ4v) is 2.71. The third kappa shape index (κ3) is 3.18.